The van der Waals surface area contributed by atoms with E-state index >= 15 is 0 Å². The molecule has 0 saturated heterocycles. The standard InChI is InChI=1S/2C21H24N2O5.C2H2O4/c2*1-24-17-5-3-14(4-6-17)11-22-12-16-10-18(28-23-16)7-15-8-19(25-2)21-20(9-15)26-13-27-21;3-1(4)2(5)6/h2*3-6,8-9,18,22H,7,10-13H2,1-2H3;(H,3,4)(H,5,6). The number of oxime groups is 2. The molecule has 0 aliphatic carbocycles. The highest BCUT2D eigenvalue weighted by Crippen LogP contribution is 2.43. The lowest BCUT2D eigenvalue weighted by Gasteiger charge is -2.11. The maximum atomic E-state index is 9.10. The minimum atomic E-state index is -1.82. The first-order chi connectivity index (χ1) is 30.1. The third-order valence-electron chi connectivity index (χ3n) is 9.77. The van der Waals surface area contributed by atoms with Gasteiger partial charge in [-0.2, -0.15) is 0 Å². The monoisotopic (exact) mass is 858 g/mol. The summed E-state index contributed by atoms with van der Waals surface area (Å²) in [5.74, 6) is 2.21. The van der Waals surface area contributed by atoms with Gasteiger partial charge in [-0.25, -0.2) is 9.59 Å². The highest BCUT2D eigenvalue weighted by molar-refractivity contribution is 6.27. The number of aliphatic carboxylic acids is 2. The quantitative estimate of drug-likeness (QED) is 0.109. The van der Waals surface area contributed by atoms with Crippen LogP contribution in [0.1, 0.15) is 35.1 Å². The average molecular weight is 859 g/mol. The van der Waals surface area contributed by atoms with Crippen molar-refractivity contribution < 1.29 is 67.4 Å². The van der Waals surface area contributed by atoms with E-state index in [9.17, 15) is 0 Å². The molecule has 0 aromatic heterocycles. The second-order valence-corrected chi connectivity index (χ2v) is 14.2. The second kappa shape index (κ2) is 22.1. The summed E-state index contributed by atoms with van der Waals surface area (Å²) in [6, 6.07) is 23.9. The van der Waals surface area contributed by atoms with Crippen molar-refractivity contribution in [2.24, 2.45) is 10.3 Å². The lowest BCUT2D eigenvalue weighted by molar-refractivity contribution is -0.159. The summed E-state index contributed by atoms with van der Waals surface area (Å²) in [5.41, 5.74) is 6.59. The van der Waals surface area contributed by atoms with Gasteiger partial charge in [-0.1, -0.05) is 34.6 Å². The zero-order valence-corrected chi connectivity index (χ0v) is 34.8. The molecule has 0 radical (unpaired) electrons. The van der Waals surface area contributed by atoms with Crippen molar-refractivity contribution in [2.75, 3.05) is 55.1 Å². The van der Waals surface area contributed by atoms with Crippen LogP contribution < -0.4 is 48.5 Å². The Labute approximate surface area is 358 Å². The molecule has 4 aromatic rings. The topological polar surface area (TPSA) is 216 Å². The molecular formula is C44H50N4O14. The van der Waals surface area contributed by atoms with Gasteiger partial charge in [0, 0.05) is 51.9 Å². The number of carboxylic acids is 2. The normalized spacial score (nSPS) is 16.3. The summed E-state index contributed by atoms with van der Waals surface area (Å²) in [4.78, 5) is 29.4. The van der Waals surface area contributed by atoms with Crippen LogP contribution in [0.5, 0.6) is 46.0 Å². The molecule has 330 valence electrons. The van der Waals surface area contributed by atoms with Crippen LogP contribution in [0, 0.1) is 0 Å². The van der Waals surface area contributed by atoms with Crippen LogP contribution in [0.4, 0.5) is 0 Å². The van der Waals surface area contributed by atoms with Crippen molar-refractivity contribution >= 4 is 23.4 Å². The van der Waals surface area contributed by atoms with E-state index in [0.29, 0.717) is 36.1 Å². The molecule has 4 aliphatic rings. The van der Waals surface area contributed by atoms with E-state index in [1.807, 2.05) is 48.5 Å². The van der Waals surface area contributed by atoms with Gasteiger partial charge in [0.15, 0.2) is 23.0 Å². The molecule has 4 aromatic carbocycles. The molecule has 0 bridgehead atoms. The van der Waals surface area contributed by atoms with Crippen LogP contribution in [0.3, 0.4) is 0 Å². The fourth-order valence-corrected chi connectivity index (χ4v) is 6.72. The van der Waals surface area contributed by atoms with Crippen molar-refractivity contribution in [1.82, 2.24) is 10.6 Å². The van der Waals surface area contributed by atoms with E-state index in [-0.39, 0.29) is 25.8 Å². The molecule has 0 saturated carbocycles. The van der Waals surface area contributed by atoms with Crippen LogP contribution in [0.25, 0.3) is 0 Å². The molecule has 2 atom stereocenters. The third kappa shape index (κ3) is 12.6. The highest BCUT2D eigenvalue weighted by Gasteiger charge is 2.26. The molecule has 0 fully saturated rings. The Hall–Kier alpha value is -6.92. The SMILES string of the molecule is COc1ccc(CNCC2=NOC(Cc3cc(OC)c4c(c3)OCO4)C2)cc1.COc1ccc(CNCC2=NOC(Cc3cc(OC)c4c(c3)OCO4)C2)cc1.O=C(O)C(=O)O. The summed E-state index contributed by atoms with van der Waals surface area (Å²) in [6.07, 6.45) is 3.10. The number of fused-ring (bicyclic) bond motifs is 2. The number of carbonyl (C=O) groups is 2. The van der Waals surface area contributed by atoms with Gasteiger partial charge in [0.1, 0.15) is 23.7 Å². The molecule has 18 nitrogen and oxygen atoms in total. The van der Waals surface area contributed by atoms with E-state index < -0.39 is 11.9 Å². The third-order valence-corrected chi connectivity index (χ3v) is 9.77. The van der Waals surface area contributed by atoms with Crippen LogP contribution in [-0.4, -0.2) is 101 Å². The molecule has 0 amide bonds. The maximum absolute atomic E-state index is 9.10. The van der Waals surface area contributed by atoms with E-state index in [1.165, 1.54) is 11.1 Å². The molecule has 4 aliphatic heterocycles. The minimum absolute atomic E-state index is 0.0165. The maximum Gasteiger partial charge on any atom is 0.414 e. The lowest BCUT2D eigenvalue weighted by atomic mass is 10.0. The molecule has 18 heteroatoms. The van der Waals surface area contributed by atoms with Gasteiger partial charge >= 0.3 is 11.9 Å². The van der Waals surface area contributed by atoms with E-state index in [1.54, 1.807) is 28.4 Å². The first kappa shape index (κ1) is 44.6. The van der Waals surface area contributed by atoms with Crippen molar-refractivity contribution in [1.29, 1.82) is 0 Å². The lowest BCUT2D eigenvalue weighted by Crippen LogP contribution is -2.23. The van der Waals surface area contributed by atoms with Gasteiger partial charge in [-0.15, -0.1) is 0 Å². The smallest absolute Gasteiger partial charge is 0.414 e. The molecule has 4 heterocycles. The number of methoxy groups -OCH3 is 4. The Bertz CT molecular complexity index is 2040. The number of ether oxygens (including phenoxy) is 8. The molecule has 2 unspecified atom stereocenters. The summed E-state index contributed by atoms with van der Waals surface area (Å²) in [5, 5.41) is 30.1. The summed E-state index contributed by atoms with van der Waals surface area (Å²) in [6.45, 7) is 3.39. The molecular weight excluding hydrogens is 808 g/mol. The van der Waals surface area contributed by atoms with Crippen molar-refractivity contribution in [3.63, 3.8) is 0 Å². The first-order valence-corrected chi connectivity index (χ1v) is 19.6. The first-order valence-electron chi connectivity index (χ1n) is 19.6. The largest absolute Gasteiger partial charge is 0.497 e. The molecule has 8 rings (SSSR count). The highest BCUT2D eigenvalue weighted by atomic mass is 16.7. The fourth-order valence-electron chi connectivity index (χ4n) is 6.72. The van der Waals surface area contributed by atoms with Gasteiger partial charge < -0.3 is 68.4 Å². The predicted molar refractivity (Wildman–Crippen MR) is 224 cm³/mol. The van der Waals surface area contributed by atoms with Crippen LogP contribution in [-0.2, 0) is 45.2 Å². The number of benzene rings is 4. The van der Waals surface area contributed by atoms with Crippen LogP contribution in [0.2, 0.25) is 0 Å². The Morgan fingerprint density at radius 2 is 0.968 bits per heavy atom. The number of rotatable bonds is 16. The van der Waals surface area contributed by atoms with E-state index in [0.717, 1.165) is 84.3 Å². The van der Waals surface area contributed by atoms with Gasteiger partial charge in [-0.3, -0.25) is 0 Å². The van der Waals surface area contributed by atoms with Crippen molar-refractivity contribution in [2.45, 2.75) is 51.0 Å². The number of carboxylic acid groups (broad SMARTS) is 2. The Kier molecular flexibility index (Phi) is 15.9. The number of hydrogen-bond donors (Lipinski definition) is 4. The number of hydrogen-bond acceptors (Lipinski definition) is 16. The van der Waals surface area contributed by atoms with E-state index in [4.69, 9.17) is 67.4 Å². The molecule has 4 N–H and O–H groups in total. The Morgan fingerprint density at radius 1 is 0.565 bits per heavy atom. The summed E-state index contributed by atoms with van der Waals surface area (Å²) < 4.78 is 43.0. The second-order valence-electron chi connectivity index (χ2n) is 14.2. The van der Waals surface area contributed by atoms with Gasteiger partial charge in [0.25, 0.3) is 0 Å². The van der Waals surface area contributed by atoms with Crippen molar-refractivity contribution in [3.8, 4) is 46.0 Å². The van der Waals surface area contributed by atoms with Gasteiger partial charge in [-0.05, 0) is 70.8 Å². The number of nitrogens with zero attached hydrogens (tertiary/aromatic N) is 2. The predicted octanol–water partition coefficient (Wildman–Crippen LogP) is 4.98. The molecule has 62 heavy (non-hydrogen) atoms. The van der Waals surface area contributed by atoms with E-state index in [2.05, 4.69) is 45.2 Å². The average Bonchev–Trinajstić information content (AvgIpc) is 4.13. The van der Waals surface area contributed by atoms with Crippen molar-refractivity contribution in [3.05, 3.63) is 95.1 Å². The Morgan fingerprint density at radius 3 is 1.32 bits per heavy atom. The Balaban J connectivity index is 0.000000183. The summed E-state index contributed by atoms with van der Waals surface area (Å²) in [7, 11) is 6.59. The van der Waals surface area contributed by atoms with Gasteiger partial charge in [0.2, 0.25) is 25.1 Å². The van der Waals surface area contributed by atoms with Crippen LogP contribution >= 0.6 is 0 Å². The van der Waals surface area contributed by atoms with Crippen LogP contribution in [0.15, 0.2) is 83.1 Å². The zero-order valence-electron chi connectivity index (χ0n) is 34.8. The zero-order chi connectivity index (χ0) is 43.8. The minimum Gasteiger partial charge on any atom is -0.497 e. The summed E-state index contributed by atoms with van der Waals surface area (Å²) >= 11 is 0. The molecule has 0 spiro atoms. The fraction of sp³-hybridized carbons (Fsp3) is 0.364. The van der Waals surface area contributed by atoms with Gasteiger partial charge in [0.05, 0.1) is 39.9 Å². The number of nitrogens with one attached hydrogen (secondary N) is 2.